The van der Waals surface area contributed by atoms with Gasteiger partial charge in [-0.15, -0.1) is 0 Å². The minimum absolute atomic E-state index is 0.320. The van der Waals surface area contributed by atoms with Gasteiger partial charge in [0.1, 0.15) is 0 Å². The molecule has 0 aromatic rings. The maximum atomic E-state index is 5.85. The fourth-order valence-corrected chi connectivity index (χ4v) is 4.19. The minimum Gasteiger partial charge on any atom is -0.377 e. The lowest BCUT2D eigenvalue weighted by atomic mass is 9.75. The molecule has 2 fully saturated rings. The van der Waals surface area contributed by atoms with Crippen LogP contribution < -0.4 is 5.32 Å². The van der Waals surface area contributed by atoms with E-state index in [2.05, 4.69) is 37.9 Å². The van der Waals surface area contributed by atoms with Gasteiger partial charge in [-0.1, -0.05) is 33.1 Å². The SMILES string of the molecule is CCC1(CC)CN(CCOC(C)C)C2(CCCCC2)CN1. The van der Waals surface area contributed by atoms with Crippen LogP contribution in [0.1, 0.15) is 72.6 Å². The van der Waals surface area contributed by atoms with Crippen LogP contribution in [0.3, 0.4) is 0 Å². The standard InChI is InChI=1S/C18H36N2O/c1-5-17(6-2)15-20(12-13-21-16(3)4)18(14-19-17)10-8-7-9-11-18/h16,19H,5-15H2,1-4H3. The second kappa shape index (κ2) is 7.43. The summed E-state index contributed by atoms with van der Waals surface area (Å²) < 4.78 is 5.85. The van der Waals surface area contributed by atoms with E-state index in [9.17, 15) is 0 Å². The number of rotatable bonds is 6. The molecule has 0 aromatic heterocycles. The predicted octanol–water partition coefficient (Wildman–Crippen LogP) is 3.58. The third kappa shape index (κ3) is 4.00. The van der Waals surface area contributed by atoms with Gasteiger partial charge in [0, 0.05) is 30.7 Å². The smallest absolute Gasteiger partial charge is 0.0597 e. The third-order valence-electron chi connectivity index (χ3n) is 5.91. The van der Waals surface area contributed by atoms with Gasteiger partial charge in [-0.05, 0) is 39.5 Å². The van der Waals surface area contributed by atoms with Crippen molar-refractivity contribution in [2.75, 3.05) is 26.2 Å². The van der Waals surface area contributed by atoms with Gasteiger partial charge in [-0.2, -0.15) is 0 Å². The number of nitrogens with one attached hydrogen (secondary N) is 1. The monoisotopic (exact) mass is 296 g/mol. The van der Waals surface area contributed by atoms with Gasteiger partial charge in [0.25, 0.3) is 0 Å². The van der Waals surface area contributed by atoms with Crippen LogP contribution in [-0.2, 0) is 4.74 Å². The van der Waals surface area contributed by atoms with Crippen molar-refractivity contribution in [3.05, 3.63) is 0 Å². The highest BCUT2D eigenvalue weighted by Gasteiger charge is 2.46. The van der Waals surface area contributed by atoms with Crippen LogP contribution in [0.15, 0.2) is 0 Å². The summed E-state index contributed by atoms with van der Waals surface area (Å²) in [5.74, 6) is 0. The maximum Gasteiger partial charge on any atom is 0.0597 e. The summed E-state index contributed by atoms with van der Waals surface area (Å²) in [7, 11) is 0. The fraction of sp³-hybridized carbons (Fsp3) is 1.00. The molecule has 3 nitrogen and oxygen atoms in total. The van der Waals surface area contributed by atoms with Crippen LogP contribution in [0.5, 0.6) is 0 Å². The zero-order chi connectivity index (χ0) is 15.3. The molecule has 1 spiro atoms. The Kier molecular flexibility index (Phi) is 6.10. The second-order valence-electron chi connectivity index (χ2n) is 7.47. The lowest BCUT2D eigenvalue weighted by Crippen LogP contribution is -2.70. The van der Waals surface area contributed by atoms with Crippen molar-refractivity contribution < 1.29 is 4.74 Å². The Morgan fingerprint density at radius 2 is 1.76 bits per heavy atom. The molecular formula is C18H36N2O. The summed E-state index contributed by atoms with van der Waals surface area (Å²) in [5.41, 5.74) is 0.729. The molecule has 21 heavy (non-hydrogen) atoms. The first kappa shape index (κ1) is 17.2. The largest absolute Gasteiger partial charge is 0.377 e. The van der Waals surface area contributed by atoms with Crippen molar-refractivity contribution >= 4 is 0 Å². The summed E-state index contributed by atoms with van der Waals surface area (Å²) in [5, 5.41) is 3.94. The van der Waals surface area contributed by atoms with Crippen molar-refractivity contribution in [3.63, 3.8) is 0 Å². The molecule has 1 N–H and O–H groups in total. The fourth-order valence-electron chi connectivity index (χ4n) is 4.19. The Hall–Kier alpha value is -0.120. The van der Waals surface area contributed by atoms with E-state index in [-0.39, 0.29) is 0 Å². The highest BCUT2D eigenvalue weighted by molar-refractivity contribution is 5.05. The third-order valence-corrected chi connectivity index (χ3v) is 5.91. The van der Waals surface area contributed by atoms with Gasteiger partial charge in [0.05, 0.1) is 12.7 Å². The highest BCUT2D eigenvalue weighted by atomic mass is 16.5. The lowest BCUT2D eigenvalue weighted by Gasteiger charge is -2.56. The van der Waals surface area contributed by atoms with Crippen molar-refractivity contribution in [3.8, 4) is 0 Å². The quantitative estimate of drug-likeness (QED) is 0.811. The average molecular weight is 296 g/mol. The molecule has 3 heteroatoms. The normalized spacial score (nSPS) is 25.6. The Morgan fingerprint density at radius 1 is 1.10 bits per heavy atom. The molecule has 2 rings (SSSR count). The van der Waals surface area contributed by atoms with E-state index in [1.165, 1.54) is 58.0 Å². The van der Waals surface area contributed by atoms with Crippen molar-refractivity contribution in [1.29, 1.82) is 0 Å². The molecule has 1 heterocycles. The Morgan fingerprint density at radius 3 is 2.33 bits per heavy atom. The van der Waals surface area contributed by atoms with E-state index in [1.54, 1.807) is 0 Å². The molecule has 0 unspecified atom stereocenters. The van der Waals surface area contributed by atoms with E-state index >= 15 is 0 Å². The van der Waals surface area contributed by atoms with Crippen molar-refractivity contribution in [2.45, 2.75) is 89.8 Å². The topological polar surface area (TPSA) is 24.5 Å². The van der Waals surface area contributed by atoms with E-state index in [0.717, 1.165) is 13.2 Å². The van der Waals surface area contributed by atoms with E-state index < -0.39 is 0 Å². The summed E-state index contributed by atoms with van der Waals surface area (Å²) in [4.78, 5) is 2.79. The number of nitrogens with zero attached hydrogens (tertiary/aromatic N) is 1. The highest BCUT2D eigenvalue weighted by Crippen LogP contribution is 2.38. The molecule has 0 atom stereocenters. The number of piperazine rings is 1. The number of hydrogen-bond donors (Lipinski definition) is 1. The van der Waals surface area contributed by atoms with E-state index in [1.807, 2.05) is 0 Å². The summed E-state index contributed by atoms with van der Waals surface area (Å²) in [6.45, 7) is 13.3. The van der Waals surface area contributed by atoms with Crippen molar-refractivity contribution in [1.82, 2.24) is 10.2 Å². The molecule has 1 saturated heterocycles. The first-order valence-electron chi connectivity index (χ1n) is 9.17. The van der Waals surface area contributed by atoms with Gasteiger partial charge in [0.15, 0.2) is 0 Å². The first-order chi connectivity index (χ1) is 10.1. The van der Waals surface area contributed by atoms with Gasteiger partial charge >= 0.3 is 0 Å². The molecule has 2 aliphatic rings. The van der Waals surface area contributed by atoms with Gasteiger partial charge in [-0.25, -0.2) is 0 Å². The van der Waals surface area contributed by atoms with Gasteiger partial charge in [0.2, 0.25) is 0 Å². The summed E-state index contributed by atoms with van der Waals surface area (Å²) in [6, 6.07) is 0. The average Bonchev–Trinajstić information content (AvgIpc) is 2.50. The maximum absolute atomic E-state index is 5.85. The van der Waals surface area contributed by atoms with E-state index in [0.29, 0.717) is 17.2 Å². The minimum atomic E-state index is 0.320. The second-order valence-corrected chi connectivity index (χ2v) is 7.47. The van der Waals surface area contributed by atoms with Crippen LogP contribution in [0.25, 0.3) is 0 Å². The molecule has 124 valence electrons. The zero-order valence-corrected chi connectivity index (χ0v) is 14.7. The van der Waals surface area contributed by atoms with Crippen molar-refractivity contribution in [2.24, 2.45) is 0 Å². The molecule has 0 amide bonds. The van der Waals surface area contributed by atoms with Gasteiger partial charge < -0.3 is 10.1 Å². The van der Waals surface area contributed by atoms with Crippen LogP contribution in [-0.4, -0.2) is 48.3 Å². The molecule has 1 aliphatic heterocycles. The first-order valence-corrected chi connectivity index (χ1v) is 9.17. The molecule has 0 aromatic carbocycles. The van der Waals surface area contributed by atoms with Crippen LogP contribution in [0.4, 0.5) is 0 Å². The number of ether oxygens (including phenoxy) is 1. The molecule has 0 bridgehead atoms. The Bertz CT molecular complexity index is 306. The van der Waals surface area contributed by atoms with E-state index in [4.69, 9.17) is 4.74 Å². The molecule has 1 aliphatic carbocycles. The van der Waals surface area contributed by atoms with Crippen LogP contribution in [0, 0.1) is 0 Å². The van der Waals surface area contributed by atoms with Gasteiger partial charge in [-0.3, -0.25) is 4.90 Å². The van der Waals surface area contributed by atoms with Crippen LogP contribution >= 0.6 is 0 Å². The zero-order valence-electron chi connectivity index (χ0n) is 14.7. The summed E-state index contributed by atoms with van der Waals surface area (Å²) >= 11 is 0. The molecular weight excluding hydrogens is 260 g/mol. The number of hydrogen-bond acceptors (Lipinski definition) is 3. The Balaban J connectivity index is 2.05. The van der Waals surface area contributed by atoms with Crippen LogP contribution in [0.2, 0.25) is 0 Å². The predicted molar refractivity (Wildman–Crippen MR) is 89.8 cm³/mol. The lowest BCUT2D eigenvalue weighted by molar-refractivity contribution is -0.0433. The Labute approximate surface area is 131 Å². The molecule has 0 radical (unpaired) electrons. The summed E-state index contributed by atoms with van der Waals surface area (Å²) in [6.07, 6.45) is 9.74. The molecule has 1 saturated carbocycles.